The van der Waals surface area contributed by atoms with Crippen molar-refractivity contribution in [3.05, 3.63) is 24.0 Å². The Hall–Kier alpha value is -1.78. The molecule has 1 aromatic rings. The van der Waals surface area contributed by atoms with Gasteiger partial charge >= 0.3 is 0 Å². The monoisotopic (exact) mass is 239 g/mol. The van der Waals surface area contributed by atoms with Gasteiger partial charge in [-0.1, -0.05) is 0 Å². The van der Waals surface area contributed by atoms with Crippen LogP contribution in [-0.2, 0) is 4.79 Å². The molecular formula is C12H18FN3O. The van der Waals surface area contributed by atoms with Crippen molar-refractivity contribution in [2.45, 2.75) is 32.9 Å². The van der Waals surface area contributed by atoms with Gasteiger partial charge in [-0.25, -0.2) is 4.39 Å². The second-order valence-corrected chi connectivity index (χ2v) is 4.26. The molecule has 94 valence electrons. The number of amides is 1. The zero-order chi connectivity index (χ0) is 13.0. The van der Waals surface area contributed by atoms with Crippen LogP contribution in [0.15, 0.2) is 18.2 Å². The number of rotatable bonds is 4. The average Bonchev–Trinajstić information content (AvgIpc) is 2.22. The lowest BCUT2D eigenvalue weighted by Crippen LogP contribution is -2.41. The van der Waals surface area contributed by atoms with Gasteiger partial charge in [-0.2, -0.15) is 0 Å². The van der Waals surface area contributed by atoms with Gasteiger partial charge < -0.3 is 16.4 Å². The lowest BCUT2D eigenvalue weighted by Gasteiger charge is -2.18. The maximum absolute atomic E-state index is 13.0. The first-order chi connectivity index (χ1) is 7.90. The second kappa shape index (κ2) is 5.52. The molecule has 0 fully saturated rings. The third kappa shape index (κ3) is 3.94. The molecule has 0 aliphatic rings. The smallest absolute Gasteiger partial charge is 0.242 e. The molecule has 1 rings (SSSR count). The highest BCUT2D eigenvalue weighted by Crippen LogP contribution is 2.19. The fraction of sp³-hybridized carbons (Fsp3) is 0.417. The summed E-state index contributed by atoms with van der Waals surface area (Å²) >= 11 is 0. The Morgan fingerprint density at radius 1 is 1.35 bits per heavy atom. The summed E-state index contributed by atoms with van der Waals surface area (Å²) in [5.41, 5.74) is 6.52. The molecule has 1 atom stereocenters. The molecule has 0 saturated heterocycles. The Morgan fingerprint density at radius 3 is 2.59 bits per heavy atom. The number of hydrogen-bond donors (Lipinski definition) is 3. The van der Waals surface area contributed by atoms with Gasteiger partial charge in [0.25, 0.3) is 0 Å². The standard InChI is InChI=1S/C12H18FN3O/c1-7(2)15-12(17)8(3)16-11-6-9(13)4-5-10(11)14/h4-8,16H,14H2,1-3H3,(H,15,17). The van der Waals surface area contributed by atoms with Gasteiger partial charge in [0.2, 0.25) is 5.91 Å². The van der Waals surface area contributed by atoms with Crippen LogP contribution in [0.25, 0.3) is 0 Å². The van der Waals surface area contributed by atoms with Gasteiger partial charge in [-0.05, 0) is 39.0 Å². The van der Waals surface area contributed by atoms with Crippen molar-refractivity contribution < 1.29 is 9.18 Å². The Balaban J connectivity index is 2.70. The minimum Gasteiger partial charge on any atom is -0.397 e. The van der Waals surface area contributed by atoms with Crippen LogP contribution in [0.4, 0.5) is 15.8 Å². The molecule has 4 N–H and O–H groups in total. The summed E-state index contributed by atoms with van der Waals surface area (Å²) in [6.07, 6.45) is 0. The highest BCUT2D eigenvalue weighted by atomic mass is 19.1. The van der Waals surface area contributed by atoms with E-state index in [1.54, 1.807) is 6.92 Å². The quantitative estimate of drug-likeness (QED) is 0.701. The summed E-state index contributed by atoms with van der Waals surface area (Å²) < 4.78 is 13.0. The van der Waals surface area contributed by atoms with E-state index in [1.807, 2.05) is 13.8 Å². The molecule has 4 nitrogen and oxygen atoms in total. The fourth-order valence-corrected chi connectivity index (χ4v) is 1.36. The zero-order valence-corrected chi connectivity index (χ0v) is 10.3. The van der Waals surface area contributed by atoms with Crippen LogP contribution in [0, 0.1) is 5.82 Å². The van der Waals surface area contributed by atoms with Crippen molar-refractivity contribution in [1.82, 2.24) is 5.32 Å². The zero-order valence-electron chi connectivity index (χ0n) is 10.3. The Morgan fingerprint density at radius 2 is 2.00 bits per heavy atom. The van der Waals surface area contributed by atoms with Crippen molar-refractivity contribution >= 4 is 17.3 Å². The normalized spacial score (nSPS) is 12.3. The van der Waals surface area contributed by atoms with Gasteiger partial charge in [-0.15, -0.1) is 0 Å². The minimum absolute atomic E-state index is 0.0663. The molecule has 5 heteroatoms. The minimum atomic E-state index is -0.471. The number of nitrogens with two attached hydrogens (primary N) is 1. The van der Waals surface area contributed by atoms with Crippen LogP contribution >= 0.6 is 0 Å². The van der Waals surface area contributed by atoms with E-state index in [0.717, 1.165) is 0 Å². The van der Waals surface area contributed by atoms with E-state index >= 15 is 0 Å². The topological polar surface area (TPSA) is 67.2 Å². The molecule has 0 heterocycles. The maximum atomic E-state index is 13.0. The summed E-state index contributed by atoms with van der Waals surface area (Å²) in [5, 5.41) is 5.64. The first-order valence-electron chi connectivity index (χ1n) is 5.52. The average molecular weight is 239 g/mol. The molecule has 0 radical (unpaired) electrons. The number of hydrogen-bond acceptors (Lipinski definition) is 3. The van der Waals surface area contributed by atoms with Crippen molar-refractivity contribution in [2.24, 2.45) is 0 Å². The van der Waals surface area contributed by atoms with E-state index < -0.39 is 11.9 Å². The van der Waals surface area contributed by atoms with E-state index in [4.69, 9.17) is 5.73 Å². The summed E-state index contributed by atoms with van der Waals surface area (Å²) in [7, 11) is 0. The highest BCUT2D eigenvalue weighted by molar-refractivity contribution is 5.85. The summed E-state index contributed by atoms with van der Waals surface area (Å²) in [4.78, 5) is 11.6. The van der Waals surface area contributed by atoms with Crippen LogP contribution in [0.3, 0.4) is 0 Å². The van der Waals surface area contributed by atoms with Gasteiger partial charge in [-0.3, -0.25) is 4.79 Å². The molecule has 0 spiro atoms. The SMILES string of the molecule is CC(C)NC(=O)C(C)Nc1cc(F)ccc1N. The van der Waals surface area contributed by atoms with Crippen molar-refractivity contribution in [3.63, 3.8) is 0 Å². The van der Waals surface area contributed by atoms with Crippen LogP contribution in [0.1, 0.15) is 20.8 Å². The van der Waals surface area contributed by atoms with Gasteiger partial charge in [0.05, 0.1) is 11.4 Å². The summed E-state index contributed by atoms with van der Waals surface area (Å²) in [5.74, 6) is -0.540. The number of nitrogens with one attached hydrogen (secondary N) is 2. The molecule has 0 saturated carbocycles. The molecular weight excluding hydrogens is 221 g/mol. The predicted molar refractivity (Wildman–Crippen MR) is 67.2 cm³/mol. The molecule has 1 unspecified atom stereocenters. The van der Waals surface area contributed by atoms with Crippen molar-refractivity contribution in [2.75, 3.05) is 11.1 Å². The Bertz CT molecular complexity index is 407. The number of benzene rings is 1. The van der Waals surface area contributed by atoms with Crippen molar-refractivity contribution in [3.8, 4) is 0 Å². The molecule has 17 heavy (non-hydrogen) atoms. The number of carbonyl (C=O) groups is 1. The third-order valence-corrected chi connectivity index (χ3v) is 2.21. The number of anilines is 2. The summed E-state index contributed by atoms with van der Waals surface area (Å²) in [6, 6.07) is 3.61. The van der Waals surface area contributed by atoms with Crippen LogP contribution in [0.5, 0.6) is 0 Å². The van der Waals surface area contributed by atoms with E-state index in [0.29, 0.717) is 11.4 Å². The molecule has 0 aliphatic carbocycles. The van der Waals surface area contributed by atoms with Gasteiger partial charge in [0.15, 0.2) is 0 Å². The van der Waals surface area contributed by atoms with Gasteiger partial charge in [0, 0.05) is 6.04 Å². The molecule has 1 amide bonds. The number of nitrogen functional groups attached to an aromatic ring is 1. The first-order valence-corrected chi connectivity index (χ1v) is 5.52. The fourth-order valence-electron chi connectivity index (χ4n) is 1.36. The maximum Gasteiger partial charge on any atom is 0.242 e. The van der Waals surface area contributed by atoms with Crippen LogP contribution in [-0.4, -0.2) is 18.0 Å². The van der Waals surface area contributed by atoms with Crippen molar-refractivity contribution in [1.29, 1.82) is 0 Å². The van der Waals surface area contributed by atoms with E-state index in [-0.39, 0.29) is 11.9 Å². The van der Waals surface area contributed by atoms with E-state index in [2.05, 4.69) is 10.6 Å². The van der Waals surface area contributed by atoms with E-state index in [9.17, 15) is 9.18 Å². The van der Waals surface area contributed by atoms with Crippen LogP contribution in [0.2, 0.25) is 0 Å². The number of halogens is 1. The van der Waals surface area contributed by atoms with Gasteiger partial charge in [0.1, 0.15) is 11.9 Å². The lowest BCUT2D eigenvalue weighted by atomic mass is 10.2. The second-order valence-electron chi connectivity index (χ2n) is 4.26. The lowest BCUT2D eigenvalue weighted by molar-refractivity contribution is -0.122. The molecule has 1 aromatic carbocycles. The third-order valence-electron chi connectivity index (χ3n) is 2.21. The Labute approximate surface area is 100 Å². The molecule has 0 bridgehead atoms. The van der Waals surface area contributed by atoms with Crippen LogP contribution < -0.4 is 16.4 Å². The van der Waals surface area contributed by atoms with E-state index in [1.165, 1.54) is 18.2 Å². The molecule has 0 aliphatic heterocycles. The summed E-state index contributed by atoms with van der Waals surface area (Å²) in [6.45, 7) is 5.45. The molecule has 0 aromatic heterocycles. The highest BCUT2D eigenvalue weighted by Gasteiger charge is 2.14. The largest absolute Gasteiger partial charge is 0.397 e. The number of carbonyl (C=O) groups excluding carboxylic acids is 1. The Kier molecular flexibility index (Phi) is 4.31. The predicted octanol–water partition coefficient (Wildman–Crippen LogP) is 1.73. The first kappa shape index (κ1) is 13.3.